The number of carbonyl (C=O) groups is 1. The second-order valence-corrected chi connectivity index (χ2v) is 7.56. The van der Waals surface area contributed by atoms with Crippen LogP contribution in [-0.2, 0) is 11.0 Å². The number of carbonyl (C=O) groups excluding carboxylic acids is 1. The average Bonchev–Trinajstić information content (AvgIpc) is 2.44. The molecule has 0 radical (unpaired) electrons. The molecule has 0 amide bonds. The summed E-state index contributed by atoms with van der Waals surface area (Å²) in [6, 6.07) is 5.09. The predicted octanol–water partition coefficient (Wildman–Crippen LogP) is 5.24. The van der Waals surface area contributed by atoms with Crippen molar-refractivity contribution in [3.8, 4) is 0 Å². The molecule has 0 aliphatic heterocycles. The molecule has 1 atom stereocenters. The Hall–Kier alpha value is -1.43. The Balaban J connectivity index is 1.99. The van der Waals surface area contributed by atoms with Crippen molar-refractivity contribution in [2.45, 2.75) is 37.8 Å². The summed E-state index contributed by atoms with van der Waals surface area (Å²) in [6.07, 6.45) is -2.19. The van der Waals surface area contributed by atoms with E-state index in [2.05, 4.69) is 0 Å². The maximum absolute atomic E-state index is 12.5. The smallest absolute Gasteiger partial charge is 0.416 e. The number of benzene rings is 1. The van der Waals surface area contributed by atoms with Gasteiger partial charge in [-0.15, -0.1) is 11.8 Å². The number of aliphatic hydroxyl groups is 1. The van der Waals surface area contributed by atoms with Gasteiger partial charge in [0.15, 0.2) is 5.78 Å². The number of thioether (sulfide) groups is 1. The second kappa shape index (κ2) is 6.59. The third-order valence-electron chi connectivity index (χ3n) is 4.13. The summed E-state index contributed by atoms with van der Waals surface area (Å²) in [5, 5.41) is 9.63. The average molecular weight is 344 g/mol. The molecular formula is C17H19F3O2S. The zero-order valence-corrected chi connectivity index (χ0v) is 13.8. The van der Waals surface area contributed by atoms with Crippen molar-refractivity contribution in [1.29, 1.82) is 0 Å². The summed E-state index contributed by atoms with van der Waals surface area (Å²) in [6.45, 7) is 4.03. The Morgan fingerprint density at radius 1 is 1.17 bits per heavy atom. The van der Waals surface area contributed by atoms with E-state index in [1.807, 2.05) is 13.8 Å². The van der Waals surface area contributed by atoms with Crippen molar-refractivity contribution < 1.29 is 23.1 Å². The number of aliphatic hydroxyl groups excluding tert-OH is 1. The molecule has 0 saturated heterocycles. The van der Waals surface area contributed by atoms with E-state index in [1.165, 1.54) is 30.0 Å². The summed E-state index contributed by atoms with van der Waals surface area (Å²) >= 11 is 1.46. The molecule has 0 heterocycles. The lowest BCUT2D eigenvalue weighted by molar-refractivity contribution is -0.137. The van der Waals surface area contributed by atoms with E-state index in [4.69, 9.17) is 0 Å². The Morgan fingerprint density at radius 3 is 2.30 bits per heavy atom. The van der Waals surface area contributed by atoms with Gasteiger partial charge >= 0.3 is 6.18 Å². The highest BCUT2D eigenvalue weighted by Gasteiger charge is 2.34. The standard InChI is InChI=1S/C17H19F3O2S/c1-16(2,12-7-13(21)9-14(22)8-12)10-23-15-5-3-11(4-6-15)17(18,19)20/h3-6,9,12,21H,7-8,10H2,1-2H3. The van der Waals surface area contributed by atoms with E-state index in [0.717, 1.165) is 17.0 Å². The zero-order valence-electron chi connectivity index (χ0n) is 13.0. The molecule has 1 aliphatic rings. The molecule has 0 fully saturated rings. The van der Waals surface area contributed by atoms with Crippen molar-refractivity contribution in [2.75, 3.05) is 5.75 Å². The lowest BCUT2D eigenvalue weighted by atomic mass is 9.73. The van der Waals surface area contributed by atoms with E-state index < -0.39 is 11.7 Å². The Labute approximate surface area is 137 Å². The van der Waals surface area contributed by atoms with Crippen LogP contribution in [-0.4, -0.2) is 16.6 Å². The van der Waals surface area contributed by atoms with Crippen LogP contribution in [0.25, 0.3) is 0 Å². The van der Waals surface area contributed by atoms with Crippen molar-refractivity contribution in [1.82, 2.24) is 0 Å². The van der Waals surface area contributed by atoms with Crippen LogP contribution in [0.5, 0.6) is 0 Å². The lowest BCUT2D eigenvalue weighted by Gasteiger charge is -2.35. The van der Waals surface area contributed by atoms with E-state index in [-0.39, 0.29) is 22.9 Å². The topological polar surface area (TPSA) is 37.3 Å². The minimum absolute atomic E-state index is 0.0296. The van der Waals surface area contributed by atoms with Gasteiger partial charge in [-0.3, -0.25) is 4.79 Å². The molecule has 1 aromatic carbocycles. The maximum Gasteiger partial charge on any atom is 0.416 e. The zero-order chi connectivity index (χ0) is 17.3. The van der Waals surface area contributed by atoms with E-state index in [1.54, 1.807) is 0 Å². The first-order chi connectivity index (χ1) is 10.6. The maximum atomic E-state index is 12.5. The van der Waals surface area contributed by atoms with Gasteiger partial charge in [0.2, 0.25) is 0 Å². The summed E-state index contributed by atoms with van der Waals surface area (Å²) < 4.78 is 37.6. The normalized spacial score (nSPS) is 19.6. The Morgan fingerprint density at radius 2 is 1.78 bits per heavy atom. The van der Waals surface area contributed by atoms with Crippen molar-refractivity contribution in [3.05, 3.63) is 41.7 Å². The van der Waals surface area contributed by atoms with Crippen LogP contribution < -0.4 is 0 Å². The van der Waals surface area contributed by atoms with Crippen LogP contribution in [0.2, 0.25) is 0 Å². The molecule has 0 aromatic heterocycles. The van der Waals surface area contributed by atoms with Crippen molar-refractivity contribution in [3.63, 3.8) is 0 Å². The number of halogens is 3. The molecule has 1 unspecified atom stereocenters. The molecule has 0 spiro atoms. The number of alkyl halides is 3. The van der Waals surface area contributed by atoms with E-state index in [9.17, 15) is 23.1 Å². The number of hydrogen-bond donors (Lipinski definition) is 1. The van der Waals surface area contributed by atoms with Gasteiger partial charge in [0.05, 0.1) is 11.3 Å². The summed E-state index contributed by atoms with van der Waals surface area (Å²) in [5.41, 5.74) is -0.875. The molecule has 126 valence electrons. The van der Waals surface area contributed by atoms with Crippen molar-refractivity contribution in [2.24, 2.45) is 11.3 Å². The molecule has 6 heteroatoms. The molecule has 2 nitrogen and oxygen atoms in total. The van der Waals surface area contributed by atoms with Gasteiger partial charge in [-0.25, -0.2) is 0 Å². The van der Waals surface area contributed by atoms with E-state index in [0.29, 0.717) is 18.6 Å². The quantitative estimate of drug-likeness (QED) is 0.759. The van der Waals surface area contributed by atoms with Gasteiger partial charge in [-0.1, -0.05) is 13.8 Å². The largest absolute Gasteiger partial charge is 0.512 e. The fourth-order valence-corrected chi connectivity index (χ4v) is 3.65. The number of rotatable bonds is 4. The number of allylic oxidation sites excluding steroid dienone is 2. The minimum Gasteiger partial charge on any atom is -0.512 e. The molecule has 1 aliphatic carbocycles. The SMILES string of the molecule is CC(C)(CSc1ccc(C(F)(F)F)cc1)C1CC(=O)C=C(O)C1. The summed E-state index contributed by atoms with van der Waals surface area (Å²) in [5.74, 6) is 0.719. The van der Waals surface area contributed by atoms with Crippen LogP contribution in [0, 0.1) is 11.3 Å². The Bertz CT molecular complexity index is 603. The first kappa shape index (κ1) is 17.9. The summed E-state index contributed by atoms with van der Waals surface area (Å²) in [4.78, 5) is 12.3. The summed E-state index contributed by atoms with van der Waals surface area (Å²) in [7, 11) is 0. The van der Waals surface area contributed by atoms with Gasteiger partial charge in [-0.2, -0.15) is 13.2 Å². The van der Waals surface area contributed by atoms with Gasteiger partial charge in [-0.05, 0) is 35.6 Å². The Kier molecular flexibility index (Phi) is 5.14. The monoisotopic (exact) mass is 344 g/mol. The second-order valence-electron chi connectivity index (χ2n) is 6.51. The predicted molar refractivity (Wildman–Crippen MR) is 84.4 cm³/mol. The van der Waals surface area contributed by atoms with Gasteiger partial charge in [0.25, 0.3) is 0 Å². The highest BCUT2D eigenvalue weighted by molar-refractivity contribution is 7.99. The van der Waals surface area contributed by atoms with Crippen LogP contribution in [0.3, 0.4) is 0 Å². The third-order valence-corrected chi connectivity index (χ3v) is 5.62. The first-order valence-corrected chi connectivity index (χ1v) is 8.29. The third kappa shape index (κ3) is 4.77. The minimum atomic E-state index is -4.32. The highest BCUT2D eigenvalue weighted by Crippen LogP contribution is 2.41. The molecule has 0 bridgehead atoms. The fourth-order valence-electron chi connectivity index (χ4n) is 2.55. The first-order valence-electron chi connectivity index (χ1n) is 7.30. The van der Waals surface area contributed by atoms with Gasteiger partial charge < -0.3 is 5.11 Å². The van der Waals surface area contributed by atoms with Crippen LogP contribution in [0.4, 0.5) is 13.2 Å². The molecule has 1 aromatic rings. The van der Waals surface area contributed by atoms with Gasteiger partial charge in [0.1, 0.15) is 0 Å². The lowest BCUT2D eigenvalue weighted by Crippen LogP contribution is -2.31. The fraction of sp³-hybridized carbons (Fsp3) is 0.471. The molecule has 1 N–H and O–H groups in total. The highest BCUT2D eigenvalue weighted by atomic mass is 32.2. The number of ketones is 1. The number of hydrogen-bond acceptors (Lipinski definition) is 3. The molecule has 23 heavy (non-hydrogen) atoms. The van der Waals surface area contributed by atoms with Crippen LogP contribution >= 0.6 is 11.8 Å². The molecular weight excluding hydrogens is 325 g/mol. The van der Waals surface area contributed by atoms with Crippen LogP contribution in [0.15, 0.2) is 41.0 Å². The molecule has 0 saturated carbocycles. The van der Waals surface area contributed by atoms with Crippen LogP contribution in [0.1, 0.15) is 32.3 Å². The van der Waals surface area contributed by atoms with Gasteiger partial charge in [0, 0.05) is 29.6 Å². The molecule has 2 rings (SSSR count). The van der Waals surface area contributed by atoms with Crippen molar-refractivity contribution >= 4 is 17.5 Å². The van der Waals surface area contributed by atoms with E-state index >= 15 is 0 Å².